The Bertz CT molecular complexity index is 669. The molecule has 0 fully saturated rings. The molecule has 0 aliphatic heterocycles. The SMILES string of the molecule is COc1cccc(-n2cc(CN(C)C(=O)[C@@H](N)[C@@H](C)O)cn2)c1. The third kappa shape index (κ3) is 4.08. The van der Waals surface area contributed by atoms with Gasteiger partial charge in [-0.2, -0.15) is 5.10 Å². The van der Waals surface area contributed by atoms with Gasteiger partial charge in [-0.05, 0) is 19.1 Å². The van der Waals surface area contributed by atoms with Gasteiger partial charge in [0.2, 0.25) is 5.91 Å². The van der Waals surface area contributed by atoms with Crippen LogP contribution in [-0.4, -0.2) is 52.0 Å². The molecule has 0 radical (unpaired) electrons. The molecule has 1 aromatic heterocycles. The van der Waals surface area contributed by atoms with Crippen LogP contribution in [-0.2, 0) is 11.3 Å². The number of nitrogens with two attached hydrogens (primary N) is 1. The molecule has 2 rings (SSSR count). The fraction of sp³-hybridized carbons (Fsp3) is 0.375. The summed E-state index contributed by atoms with van der Waals surface area (Å²) in [4.78, 5) is 13.5. The summed E-state index contributed by atoms with van der Waals surface area (Å²) in [6.07, 6.45) is 2.65. The van der Waals surface area contributed by atoms with Gasteiger partial charge in [0.25, 0.3) is 0 Å². The number of hydrogen-bond acceptors (Lipinski definition) is 5. The summed E-state index contributed by atoms with van der Waals surface area (Å²) in [5.74, 6) is 0.434. The molecule has 0 saturated carbocycles. The van der Waals surface area contributed by atoms with Crippen LogP contribution in [0.1, 0.15) is 12.5 Å². The molecule has 1 heterocycles. The number of rotatable bonds is 6. The molecule has 0 spiro atoms. The van der Waals surface area contributed by atoms with Gasteiger partial charge in [0.05, 0.1) is 25.1 Å². The van der Waals surface area contributed by atoms with Gasteiger partial charge in [0.1, 0.15) is 11.8 Å². The Morgan fingerprint density at radius 3 is 2.91 bits per heavy atom. The van der Waals surface area contributed by atoms with Crippen molar-refractivity contribution in [3.63, 3.8) is 0 Å². The maximum atomic E-state index is 12.0. The quantitative estimate of drug-likeness (QED) is 0.811. The predicted octanol–water partition coefficient (Wildman–Crippen LogP) is 0.547. The second-order valence-electron chi connectivity index (χ2n) is 5.46. The predicted molar refractivity (Wildman–Crippen MR) is 86.2 cm³/mol. The summed E-state index contributed by atoms with van der Waals surface area (Å²) in [5.41, 5.74) is 7.40. The van der Waals surface area contributed by atoms with Crippen LogP contribution in [0.5, 0.6) is 5.75 Å². The molecule has 2 atom stereocenters. The smallest absolute Gasteiger partial charge is 0.242 e. The van der Waals surface area contributed by atoms with E-state index >= 15 is 0 Å². The Morgan fingerprint density at radius 1 is 1.52 bits per heavy atom. The van der Waals surface area contributed by atoms with Crippen molar-refractivity contribution >= 4 is 5.91 Å². The van der Waals surface area contributed by atoms with Crippen LogP contribution < -0.4 is 10.5 Å². The van der Waals surface area contributed by atoms with Crippen LogP contribution in [0, 0.1) is 0 Å². The lowest BCUT2D eigenvalue weighted by atomic mass is 10.1. The fourth-order valence-electron chi connectivity index (χ4n) is 2.15. The Kier molecular flexibility index (Phi) is 5.36. The number of methoxy groups -OCH3 is 1. The fourth-order valence-corrected chi connectivity index (χ4v) is 2.15. The lowest BCUT2D eigenvalue weighted by molar-refractivity contribution is -0.134. The van der Waals surface area contributed by atoms with E-state index in [4.69, 9.17) is 10.5 Å². The number of ether oxygens (including phenoxy) is 1. The van der Waals surface area contributed by atoms with Gasteiger partial charge in [-0.3, -0.25) is 4.79 Å². The monoisotopic (exact) mass is 318 g/mol. The van der Waals surface area contributed by atoms with Crippen molar-refractivity contribution in [3.05, 3.63) is 42.2 Å². The van der Waals surface area contributed by atoms with Gasteiger partial charge in [-0.1, -0.05) is 6.07 Å². The first-order valence-corrected chi connectivity index (χ1v) is 7.29. The molecule has 0 unspecified atom stereocenters. The first-order valence-electron chi connectivity index (χ1n) is 7.29. The Labute approximate surface area is 135 Å². The molecule has 0 aliphatic carbocycles. The van der Waals surface area contributed by atoms with Crippen molar-refractivity contribution in [1.29, 1.82) is 0 Å². The number of aromatic nitrogens is 2. The van der Waals surface area contributed by atoms with Gasteiger partial charge in [0, 0.05) is 31.4 Å². The number of carbonyl (C=O) groups is 1. The van der Waals surface area contributed by atoms with Gasteiger partial charge in [-0.15, -0.1) is 0 Å². The largest absolute Gasteiger partial charge is 0.497 e. The van der Waals surface area contributed by atoms with E-state index in [0.717, 1.165) is 17.0 Å². The average molecular weight is 318 g/mol. The lowest BCUT2D eigenvalue weighted by Crippen LogP contribution is -2.47. The highest BCUT2D eigenvalue weighted by Gasteiger charge is 2.22. The van der Waals surface area contributed by atoms with E-state index in [0.29, 0.717) is 6.54 Å². The topological polar surface area (TPSA) is 93.6 Å². The number of aliphatic hydroxyl groups excluding tert-OH is 1. The molecule has 124 valence electrons. The van der Waals surface area contributed by atoms with E-state index in [9.17, 15) is 9.90 Å². The highest BCUT2D eigenvalue weighted by Crippen LogP contribution is 2.16. The van der Waals surface area contributed by atoms with Crippen LogP contribution in [0.3, 0.4) is 0 Å². The molecule has 0 aliphatic rings. The molecular formula is C16H22N4O3. The van der Waals surface area contributed by atoms with Crippen LogP contribution in [0.15, 0.2) is 36.7 Å². The molecule has 1 amide bonds. The third-order valence-corrected chi connectivity index (χ3v) is 3.55. The van der Waals surface area contributed by atoms with Gasteiger partial charge >= 0.3 is 0 Å². The van der Waals surface area contributed by atoms with Crippen LogP contribution >= 0.6 is 0 Å². The van der Waals surface area contributed by atoms with Crippen LogP contribution in [0.2, 0.25) is 0 Å². The Morgan fingerprint density at radius 2 is 2.26 bits per heavy atom. The summed E-state index contributed by atoms with van der Waals surface area (Å²) < 4.78 is 6.91. The van der Waals surface area contributed by atoms with Gasteiger partial charge < -0.3 is 20.5 Å². The molecule has 0 saturated heterocycles. The summed E-state index contributed by atoms with van der Waals surface area (Å²) >= 11 is 0. The van der Waals surface area contributed by atoms with Gasteiger partial charge in [0.15, 0.2) is 0 Å². The maximum Gasteiger partial charge on any atom is 0.242 e. The number of hydrogen-bond donors (Lipinski definition) is 2. The zero-order valence-corrected chi connectivity index (χ0v) is 13.5. The highest BCUT2D eigenvalue weighted by atomic mass is 16.5. The molecule has 23 heavy (non-hydrogen) atoms. The number of amides is 1. The average Bonchev–Trinajstić information content (AvgIpc) is 3.01. The highest BCUT2D eigenvalue weighted by molar-refractivity contribution is 5.81. The number of benzene rings is 1. The number of likely N-dealkylation sites (N-methyl/N-ethyl adjacent to an activating group) is 1. The standard InChI is InChI=1S/C16H22N4O3/c1-11(21)15(17)16(22)19(2)9-12-8-18-20(10-12)13-5-4-6-14(7-13)23-3/h4-8,10-11,15,21H,9,17H2,1-3H3/t11-,15+/m1/s1. The van der Waals surface area contributed by atoms with E-state index in [2.05, 4.69) is 5.10 Å². The van der Waals surface area contributed by atoms with Crippen LogP contribution in [0.25, 0.3) is 5.69 Å². The molecule has 0 bridgehead atoms. The van der Waals surface area contributed by atoms with E-state index in [1.807, 2.05) is 30.5 Å². The summed E-state index contributed by atoms with van der Waals surface area (Å²) in [7, 11) is 3.26. The molecular weight excluding hydrogens is 296 g/mol. The normalized spacial score (nSPS) is 13.4. The number of carbonyl (C=O) groups excluding carboxylic acids is 1. The lowest BCUT2D eigenvalue weighted by Gasteiger charge is -2.22. The van der Waals surface area contributed by atoms with Gasteiger partial charge in [-0.25, -0.2) is 4.68 Å². The minimum atomic E-state index is -0.923. The zero-order chi connectivity index (χ0) is 17.0. The first kappa shape index (κ1) is 17.0. The van der Waals surface area contributed by atoms with E-state index < -0.39 is 12.1 Å². The van der Waals surface area contributed by atoms with Crippen molar-refractivity contribution in [3.8, 4) is 11.4 Å². The van der Waals surface area contributed by atoms with Crippen molar-refractivity contribution in [2.24, 2.45) is 5.73 Å². The van der Waals surface area contributed by atoms with Crippen molar-refractivity contribution < 1.29 is 14.6 Å². The zero-order valence-electron chi connectivity index (χ0n) is 13.5. The summed E-state index contributed by atoms with van der Waals surface area (Å²) in [5, 5.41) is 13.7. The van der Waals surface area contributed by atoms with E-state index in [-0.39, 0.29) is 5.91 Å². The number of nitrogens with zero attached hydrogens (tertiary/aromatic N) is 3. The van der Waals surface area contributed by atoms with Crippen LogP contribution in [0.4, 0.5) is 0 Å². The Balaban J connectivity index is 2.08. The molecule has 7 heteroatoms. The molecule has 1 aromatic carbocycles. The van der Waals surface area contributed by atoms with E-state index in [1.165, 1.54) is 11.8 Å². The van der Waals surface area contributed by atoms with E-state index in [1.54, 1.807) is 25.0 Å². The second kappa shape index (κ2) is 7.26. The number of aliphatic hydroxyl groups is 1. The summed E-state index contributed by atoms with van der Waals surface area (Å²) in [6.45, 7) is 1.86. The van der Waals surface area contributed by atoms with Crippen molar-refractivity contribution in [2.45, 2.75) is 25.6 Å². The molecule has 7 nitrogen and oxygen atoms in total. The minimum absolute atomic E-state index is 0.311. The first-order chi connectivity index (χ1) is 10.9. The second-order valence-corrected chi connectivity index (χ2v) is 5.46. The van der Waals surface area contributed by atoms with Crippen molar-refractivity contribution in [2.75, 3.05) is 14.2 Å². The third-order valence-electron chi connectivity index (χ3n) is 3.55. The summed E-state index contributed by atoms with van der Waals surface area (Å²) in [6, 6.07) is 6.60. The maximum absolute atomic E-state index is 12.0. The Hall–Kier alpha value is -2.38. The molecule has 3 N–H and O–H groups in total. The van der Waals surface area contributed by atoms with Crippen molar-refractivity contribution in [1.82, 2.24) is 14.7 Å². The minimum Gasteiger partial charge on any atom is -0.497 e. The molecule has 2 aromatic rings.